The molecule has 1 aliphatic heterocycles. The molecule has 0 aromatic heterocycles. The Labute approximate surface area is 150 Å². The van der Waals surface area contributed by atoms with Gasteiger partial charge in [0, 0.05) is 38.7 Å². The molecule has 1 heterocycles. The monoisotopic (exact) mass is 368 g/mol. The average Bonchev–Trinajstić information content (AvgIpc) is 2.87. The van der Waals surface area contributed by atoms with E-state index in [-0.39, 0.29) is 24.7 Å². The van der Waals surface area contributed by atoms with E-state index in [0.29, 0.717) is 11.5 Å². The van der Waals surface area contributed by atoms with Crippen molar-refractivity contribution in [3.8, 4) is 0 Å². The van der Waals surface area contributed by atoms with Crippen LogP contribution in [0.4, 0.5) is 0 Å². The smallest absolute Gasteiger partial charge is 0.253 e. The zero-order valence-corrected chi connectivity index (χ0v) is 16.2. The first kappa shape index (κ1) is 19.9. The van der Waals surface area contributed by atoms with Crippen molar-refractivity contribution in [1.82, 2.24) is 9.21 Å². The van der Waals surface area contributed by atoms with Crippen molar-refractivity contribution in [2.24, 2.45) is 11.8 Å². The lowest BCUT2D eigenvalue weighted by atomic mass is 10.0. The number of hydrogen-bond donors (Lipinski definition) is 1. The summed E-state index contributed by atoms with van der Waals surface area (Å²) in [7, 11) is -0.469. The van der Waals surface area contributed by atoms with Crippen LogP contribution < -0.4 is 0 Å². The summed E-state index contributed by atoms with van der Waals surface area (Å²) in [6.07, 6.45) is 0.139. The minimum atomic E-state index is -3.41. The molecule has 6 nitrogen and oxygen atoms in total. The van der Waals surface area contributed by atoms with Crippen molar-refractivity contribution in [2.45, 2.75) is 26.4 Å². The van der Waals surface area contributed by atoms with E-state index < -0.39 is 22.0 Å². The van der Waals surface area contributed by atoms with Gasteiger partial charge < -0.3 is 10.0 Å². The highest BCUT2D eigenvalue weighted by atomic mass is 32.2. The first-order chi connectivity index (χ1) is 11.6. The quantitative estimate of drug-likeness (QED) is 0.819. The number of aliphatic hydroxyl groups is 1. The van der Waals surface area contributed by atoms with Crippen LogP contribution in [0.15, 0.2) is 24.3 Å². The van der Waals surface area contributed by atoms with Crippen molar-refractivity contribution in [1.29, 1.82) is 0 Å². The van der Waals surface area contributed by atoms with Crippen LogP contribution in [0.1, 0.15) is 29.8 Å². The van der Waals surface area contributed by atoms with E-state index in [0.717, 1.165) is 10.7 Å². The van der Waals surface area contributed by atoms with E-state index in [9.17, 15) is 18.3 Å². The second-order valence-corrected chi connectivity index (χ2v) is 9.62. The second kappa shape index (κ2) is 7.85. The molecule has 7 heteroatoms. The zero-order chi connectivity index (χ0) is 18.8. The van der Waals surface area contributed by atoms with E-state index in [1.807, 2.05) is 12.1 Å². The van der Waals surface area contributed by atoms with Gasteiger partial charge in [0.1, 0.15) is 0 Å². The number of likely N-dealkylation sites (tertiary alicyclic amines) is 1. The molecule has 1 aromatic carbocycles. The number of carbonyl (C=O) groups excluding carboxylic acids is 1. The Morgan fingerprint density at radius 1 is 1.24 bits per heavy atom. The van der Waals surface area contributed by atoms with E-state index >= 15 is 0 Å². The van der Waals surface area contributed by atoms with E-state index in [2.05, 4.69) is 13.8 Å². The Kier molecular flexibility index (Phi) is 6.24. The highest BCUT2D eigenvalue weighted by Gasteiger charge is 2.37. The van der Waals surface area contributed by atoms with Gasteiger partial charge >= 0.3 is 0 Å². The third-order valence-electron chi connectivity index (χ3n) is 4.52. The fraction of sp³-hybridized carbons (Fsp3) is 0.611. The van der Waals surface area contributed by atoms with Crippen LogP contribution >= 0.6 is 0 Å². The standard InChI is InChI=1S/C18H28N2O4S/c1-13(2)9-14-5-7-15(8-6-14)18(22)20-10-16(17(21)11-20)12-25(23,24)19(3)4/h5-8,13,16-17,21H,9-12H2,1-4H3/t16-,17+/m0/s1. The Hall–Kier alpha value is -1.44. The van der Waals surface area contributed by atoms with Gasteiger partial charge in [0.2, 0.25) is 10.0 Å². The van der Waals surface area contributed by atoms with Crippen molar-refractivity contribution >= 4 is 15.9 Å². The van der Waals surface area contributed by atoms with Crippen LogP contribution in [-0.4, -0.2) is 67.7 Å². The number of β-amino-alcohol motifs (C(OH)–C–C–N with tert-alkyl or cyclic N) is 1. The fourth-order valence-electron chi connectivity index (χ4n) is 3.04. The normalized spacial score (nSPS) is 21.3. The molecule has 0 unspecified atom stereocenters. The molecule has 0 spiro atoms. The summed E-state index contributed by atoms with van der Waals surface area (Å²) in [4.78, 5) is 14.2. The summed E-state index contributed by atoms with van der Waals surface area (Å²) < 4.78 is 25.2. The van der Waals surface area contributed by atoms with Crippen molar-refractivity contribution in [3.63, 3.8) is 0 Å². The van der Waals surface area contributed by atoms with Crippen LogP contribution in [0.5, 0.6) is 0 Å². The first-order valence-electron chi connectivity index (χ1n) is 8.56. The lowest BCUT2D eigenvalue weighted by Crippen LogP contribution is -2.33. The molecule has 2 rings (SSSR count). The minimum Gasteiger partial charge on any atom is -0.391 e. The van der Waals surface area contributed by atoms with Gasteiger partial charge in [-0.1, -0.05) is 26.0 Å². The van der Waals surface area contributed by atoms with Crippen LogP contribution in [0, 0.1) is 11.8 Å². The molecule has 1 amide bonds. The summed E-state index contributed by atoms with van der Waals surface area (Å²) >= 11 is 0. The maximum absolute atomic E-state index is 12.6. The molecule has 1 N–H and O–H groups in total. The topological polar surface area (TPSA) is 77.9 Å². The van der Waals surface area contributed by atoms with Gasteiger partial charge in [-0.25, -0.2) is 12.7 Å². The lowest BCUT2D eigenvalue weighted by molar-refractivity contribution is 0.0764. The molecule has 140 valence electrons. The molecule has 2 atom stereocenters. The molecule has 25 heavy (non-hydrogen) atoms. The van der Waals surface area contributed by atoms with Crippen molar-refractivity contribution in [3.05, 3.63) is 35.4 Å². The molecule has 0 aliphatic carbocycles. The number of rotatable bonds is 6. The molecular weight excluding hydrogens is 340 g/mol. The Bertz CT molecular complexity index is 698. The number of aliphatic hydroxyl groups excluding tert-OH is 1. The van der Waals surface area contributed by atoms with Crippen LogP contribution in [0.25, 0.3) is 0 Å². The van der Waals surface area contributed by atoms with Gasteiger partial charge in [-0.3, -0.25) is 4.79 Å². The summed E-state index contributed by atoms with van der Waals surface area (Å²) in [5.74, 6) is -0.232. The number of sulfonamides is 1. The van der Waals surface area contributed by atoms with Gasteiger partial charge in [-0.05, 0) is 30.0 Å². The van der Waals surface area contributed by atoms with Gasteiger partial charge in [0.05, 0.1) is 11.9 Å². The Balaban J connectivity index is 2.04. The Morgan fingerprint density at radius 2 is 1.84 bits per heavy atom. The number of nitrogens with zero attached hydrogens (tertiary/aromatic N) is 2. The zero-order valence-electron chi connectivity index (χ0n) is 15.3. The maximum atomic E-state index is 12.6. The van der Waals surface area contributed by atoms with E-state index in [4.69, 9.17) is 0 Å². The number of carbonyl (C=O) groups is 1. The van der Waals surface area contributed by atoms with E-state index in [1.54, 1.807) is 12.1 Å². The summed E-state index contributed by atoms with van der Waals surface area (Å²) in [6.45, 7) is 4.71. The molecule has 1 saturated heterocycles. The molecular formula is C18H28N2O4S. The number of benzene rings is 1. The van der Waals surface area contributed by atoms with Crippen molar-refractivity contribution < 1.29 is 18.3 Å². The van der Waals surface area contributed by atoms with E-state index in [1.165, 1.54) is 24.6 Å². The van der Waals surface area contributed by atoms with Gasteiger partial charge in [-0.15, -0.1) is 0 Å². The minimum absolute atomic E-state index is 0.154. The predicted molar refractivity (Wildman–Crippen MR) is 97.9 cm³/mol. The Morgan fingerprint density at radius 3 is 2.36 bits per heavy atom. The molecule has 0 saturated carbocycles. The van der Waals surface area contributed by atoms with Gasteiger partial charge in [-0.2, -0.15) is 0 Å². The third-order valence-corrected chi connectivity index (χ3v) is 6.48. The first-order valence-corrected chi connectivity index (χ1v) is 10.2. The van der Waals surface area contributed by atoms with Crippen LogP contribution in [-0.2, 0) is 16.4 Å². The van der Waals surface area contributed by atoms with Gasteiger partial charge in [0.25, 0.3) is 5.91 Å². The number of amides is 1. The predicted octanol–water partition coefficient (Wildman–Crippen LogP) is 1.21. The van der Waals surface area contributed by atoms with Crippen LogP contribution in [0.2, 0.25) is 0 Å². The van der Waals surface area contributed by atoms with Crippen molar-refractivity contribution in [2.75, 3.05) is 32.9 Å². The third kappa shape index (κ3) is 5.03. The number of hydrogen-bond acceptors (Lipinski definition) is 4. The lowest BCUT2D eigenvalue weighted by Gasteiger charge is -2.18. The molecule has 1 aromatic rings. The maximum Gasteiger partial charge on any atom is 0.253 e. The molecule has 0 bridgehead atoms. The highest BCUT2D eigenvalue weighted by molar-refractivity contribution is 7.89. The van der Waals surface area contributed by atoms with Crippen LogP contribution in [0.3, 0.4) is 0 Å². The molecule has 1 aliphatic rings. The SMILES string of the molecule is CC(C)Cc1ccc(C(=O)N2C[C@@H](CS(=O)(=O)N(C)C)[C@H](O)C2)cc1. The largest absolute Gasteiger partial charge is 0.391 e. The summed E-state index contributed by atoms with van der Waals surface area (Å²) in [6, 6.07) is 7.51. The average molecular weight is 368 g/mol. The molecule has 0 radical (unpaired) electrons. The second-order valence-electron chi connectivity index (χ2n) is 7.39. The highest BCUT2D eigenvalue weighted by Crippen LogP contribution is 2.22. The summed E-state index contributed by atoms with van der Waals surface area (Å²) in [5, 5.41) is 10.2. The fourth-order valence-corrected chi connectivity index (χ4v) is 4.21. The van der Waals surface area contributed by atoms with Gasteiger partial charge in [0.15, 0.2) is 0 Å². The summed E-state index contributed by atoms with van der Waals surface area (Å²) in [5.41, 5.74) is 1.75. The molecule has 1 fully saturated rings.